The molecule has 136 valence electrons. The minimum Gasteiger partial charge on any atom is -0.478 e. The molecule has 27 heavy (non-hydrogen) atoms. The quantitative estimate of drug-likeness (QED) is 0.420. The van der Waals surface area contributed by atoms with Gasteiger partial charge in [0.05, 0.1) is 5.57 Å². The molecule has 0 unspecified atom stereocenters. The highest BCUT2D eigenvalue weighted by atomic mass is 16.5. The number of hydrogen-bond donors (Lipinski definition) is 1. The first-order chi connectivity index (χ1) is 13.0. The van der Waals surface area contributed by atoms with Crippen molar-refractivity contribution >= 4 is 17.6 Å². The van der Waals surface area contributed by atoms with Crippen LogP contribution in [0.5, 0.6) is 11.5 Å². The third-order valence-corrected chi connectivity index (χ3v) is 4.29. The lowest BCUT2D eigenvalue weighted by Gasteiger charge is -2.09. The van der Waals surface area contributed by atoms with E-state index in [-0.39, 0.29) is 5.57 Å². The van der Waals surface area contributed by atoms with Crippen molar-refractivity contribution in [2.24, 2.45) is 0 Å². The number of ether oxygens (including phenoxy) is 1. The lowest BCUT2D eigenvalue weighted by atomic mass is 10.0. The maximum Gasteiger partial charge on any atom is 0.336 e. The van der Waals surface area contributed by atoms with Crippen molar-refractivity contribution in [1.82, 2.24) is 0 Å². The van der Waals surface area contributed by atoms with E-state index >= 15 is 0 Å². The average Bonchev–Trinajstić information content (AvgIpc) is 2.68. The van der Waals surface area contributed by atoms with Crippen LogP contribution in [0.2, 0.25) is 0 Å². The van der Waals surface area contributed by atoms with Gasteiger partial charge in [-0.15, -0.1) is 0 Å². The van der Waals surface area contributed by atoms with Gasteiger partial charge in [0, 0.05) is 0 Å². The van der Waals surface area contributed by atoms with E-state index in [2.05, 4.69) is 26.0 Å². The monoisotopic (exact) mass is 358 g/mol. The van der Waals surface area contributed by atoms with E-state index < -0.39 is 5.97 Å². The van der Waals surface area contributed by atoms with Crippen molar-refractivity contribution in [2.45, 2.75) is 19.8 Å². The van der Waals surface area contributed by atoms with Crippen LogP contribution >= 0.6 is 0 Å². The Bertz CT molecular complexity index is 922. The third-order valence-electron chi connectivity index (χ3n) is 4.29. The molecule has 1 N–H and O–H groups in total. The number of carboxylic acid groups (broad SMARTS) is 1. The minimum atomic E-state index is -0.952. The first-order valence-electron chi connectivity index (χ1n) is 8.91. The normalized spacial score (nSPS) is 11.4. The molecule has 0 spiro atoms. The Hall–Kier alpha value is -3.33. The second-order valence-corrected chi connectivity index (χ2v) is 6.62. The SMILES string of the molecule is CC(C)c1ccc(Oc2ccc(/C=C(/C(=O)O)c3ccccc3)cc2)cc1. The van der Waals surface area contributed by atoms with E-state index in [1.807, 2.05) is 54.6 Å². The predicted octanol–water partition coefficient (Wildman–Crippen LogP) is 6.23. The van der Waals surface area contributed by atoms with Crippen LogP contribution in [0.1, 0.15) is 36.5 Å². The maximum absolute atomic E-state index is 11.6. The van der Waals surface area contributed by atoms with E-state index in [1.165, 1.54) is 5.56 Å². The summed E-state index contributed by atoms with van der Waals surface area (Å²) in [5, 5.41) is 9.51. The van der Waals surface area contributed by atoms with Crippen LogP contribution < -0.4 is 4.74 Å². The Kier molecular flexibility index (Phi) is 5.72. The molecule has 3 rings (SSSR count). The highest BCUT2D eigenvalue weighted by Gasteiger charge is 2.10. The van der Waals surface area contributed by atoms with E-state index in [1.54, 1.807) is 18.2 Å². The Morgan fingerprint density at radius 2 is 1.41 bits per heavy atom. The van der Waals surface area contributed by atoms with Gasteiger partial charge in [0.2, 0.25) is 0 Å². The molecule has 3 heteroatoms. The first kappa shape index (κ1) is 18.5. The first-order valence-corrected chi connectivity index (χ1v) is 8.91. The molecule has 0 saturated heterocycles. The van der Waals surface area contributed by atoms with Crippen molar-refractivity contribution in [3.63, 3.8) is 0 Å². The summed E-state index contributed by atoms with van der Waals surface area (Å²) in [5.41, 5.74) is 3.01. The van der Waals surface area contributed by atoms with Crippen molar-refractivity contribution in [1.29, 1.82) is 0 Å². The Balaban J connectivity index is 1.77. The zero-order valence-electron chi connectivity index (χ0n) is 15.4. The van der Waals surface area contributed by atoms with Crippen LogP contribution in [0.4, 0.5) is 0 Å². The zero-order valence-corrected chi connectivity index (χ0v) is 15.4. The summed E-state index contributed by atoms with van der Waals surface area (Å²) in [6, 6.07) is 24.5. The number of carbonyl (C=O) groups is 1. The average molecular weight is 358 g/mol. The molecule has 0 radical (unpaired) electrons. The number of carboxylic acids is 1. The summed E-state index contributed by atoms with van der Waals surface area (Å²) in [6.45, 7) is 4.31. The van der Waals surface area contributed by atoms with E-state index in [0.29, 0.717) is 17.2 Å². The standard InChI is InChI=1S/C24H22O3/c1-17(2)19-10-14-22(15-11-19)27-21-12-8-18(9-13-21)16-23(24(25)26)20-6-4-3-5-7-20/h3-17H,1-2H3,(H,25,26)/b23-16+. The number of hydrogen-bond acceptors (Lipinski definition) is 2. The Morgan fingerprint density at radius 1 is 0.852 bits per heavy atom. The summed E-state index contributed by atoms with van der Waals surface area (Å²) >= 11 is 0. The smallest absolute Gasteiger partial charge is 0.336 e. The van der Waals surface area contributed by atoms with Gasteiger partial charge >= 0.3 is 5.97 Å². The molecule has 0 heterocycles. The highest BCUT2D eigenvalue weighted by Crippen LogP contribution is 2.25. The highest BCUT2D eigenvalue weighted by molar-refractivity contribution is 6.20. The fourth-order valence-corrected chi connectivity index (χ4v) is 2.74. The van der Waals surface area contributed by atoms with Crippen LogP contribution in [0, 0.1) is 0 Å². The molecule has 3 nitrogen and oxygen atoms in total. The molecule has 0 aliphatic carbocycles. The van der Waals surface area contributed by atoms with Crippen LogP contribution in [-0.2, 0) is 4.79 Å². The Labute approximate surface area is 159 Å². The summed E-state index contributed by atoms with van der Waals surface area (Å²) in [6.07, 6.45) is 1.67. The molecule has 3 aromatic carbocycles. The van der Waals surface area contributed by atoms with Gasteiger partial charge in [0.15, 0.2) is 0 Å². The summed E-state index contributed by atoms with van der Waals surface area (Å²) in [7, 11) is 0. The van der Waals surface area contributed by atoms with Crippen LogP contribution in [0.15, 0.2) is 78.9 Å². The molecule has 0 atom stereocenters. The summed E-state index contributed by atoms with van der Waals surface area (Å²) < 4.78 is 5.87. The molecule has 0 fully saturated rings. The van der Waals surface area contributed by atoms with Gasteiger partial charge in [0.1, 0.15) is 11.5 Å². The summed E-state index contributed by atoms with van der Waals surface area (Å²) in [5.74, 6) is 1.02. The second kappa shape index (κ2) is 8.37. The molecule has 0 amide bonds. The molecule has 0 aliphatic heterocycles. The van der Waals surface area contributed by atoms with Crippen LogP contribution in [-0.4, -0.2) is 11.1 Å². The van der Waals surface area contributed by atoms with Crippen LogP contribution in [0.25, 0.3) is 11.6 Å². The van der Waals surface area contributed by atoms with Crippen LogP contribution in [0.3, 0.4) is 0 Å². The van der Waals surface area contributed by atoms with E-state index in [0.717, 1.165) is 11.3 Å². The van der Waals surface area contributed by atoms with E-state index in [9.17, 15) is 9.90 Å². The molecule has 3 aromatic rings. The summed E-state index contributed by atoms with van der Waals surface area (Å²) in [4.78, 5) is 11.6. The van der Waals surface area contributed by atoms with Gasteiger partial charge in [-0.05, 0) is 52.9 Å². The molecule has 0 aromatic heterocycles. The zero-order chi connectivity index (χ0) is 19.2. The van der Waals surface area contributed by atoms with E-state index in [4.69, 9.17) is 4.74 Å². The number of benzene rings is 3. The molecule has 0 aliphatic rings. The Morgan fingerprint density at radius 3 is 1.93 bits per heavy atom. The largest absolute Gasteiger partial charge is 0.478 e. The lowest BCUT2D eigenvalue weighted by Crippen LogP contribution is -1.99. The topological polar surface area (TPSA) is 46.5 Å². The molecule has 0 saturated carbocycles. The van der Waals surface area contributed by atoms with Crippen molar-refractivity contribution < 1.29 is 14.6 Å². The minimum absolute atomic E-state index is 0.258. The van der Waals surface area contributed by atoms with Crippen molar-refractivity contribution in [3.8, 4) is 11.5 Å². The number of rotatable bonds is 6. The molecular weight excluding hydrogens is 336 g/mol. The second-order valence-electron chi connectivity index (χ2n) is 6.62. The third kappa shape index (κ3) is 4.85. The number of aliphatic carboxylic acids is 1. The van der Waals surface area contributed by atoms with Crippen molar-refractivity contribution in [2.75, 3.05) is 0 Å². The fourth-order valence-electron chi connectivity index (χ4n) is 2.74. The van der Waals surface area contributed by atoms with Gasteiger partial charge in [-0.3, -0.25) is 0 Å². The lowest BCUT2D eigenvalue weighted by molar-refractivity contribution is -0.130. The maximum atomic E-state index is 11.6. The predicted molar refractivity (Wildman–Crippen MR) is 109 cm³/mol. The van der Waals surface area contributed by atoms with Gasteiger partial charge in [-0.25, -0.2) is 4.79 Å². The molecule has 0 bridgehead atoms. The van der Waals surface area contributed by atoms with Gasteiger partial charge in [-0.1, -0.05) is 68.4 Å². The van der Waals surface area contributed by atoms with Gasteiger partial charge in [0.25, 0.3) is 0 Å². The van der Waals surface area contributed by atoms with Crippen molar-refractivity contribution in [3.05, 3.63) is 95.6 Å². The fraction of sp³-hybridized carbons (Fsp3) is 0.125. The molecular formula is C24H22O3. The van der Waals surface area contributed by atoms with Gasteiger partial charge < -0.3 is 9.84 Å². The van der Waals surface area contributed by atoms with Gasteiger partial charge in [-0.2, -0.15) is 0 Å².